The van der Waals surface area contributed by atoms with Gasteiger partial charge in [0.15, 0.2) is 5.76 Å². The molecule has 3 rings (SSSR count). The number of carbonyl (C=O) groups is 2. The van der Waals surface area contributed by atoms with Gasteiger partial charge in [-0.3, -0.25) is 9.59 Å². The van der Waals surface area contributed by atoms with Crippen molar-refractivity contribution in [2.24, 2.45) is 5.41 Å². The highest BCUT2D eigenvalue weighted by Gasteiger charge is 2.42. The standard InChI is InChI=1S/C18H16F3NO5/c1-17(16(24)25)8-9-22(10-17)15(23)14-7-6-12(26-14)11-4-2-3-5-13(11)27-18(19,20)21/h2-7H,8-10H2,1H3,(H,24,25). The van der Waals surface area contributed by atoms with E-state index in [9.17, 15) is 27.9 Å². The highest BCUT2D eigenvalue weighted by molar-refractivity contribution is 5.93. The van der Waals surface area contributed by atoms with Crippen LogP contribution in [0.5, 0.6) is 5.75 Å². The Hall–Kier alpha value is -2.97. The van der Waals surface area contributed by atoms with E-state index in [2.05, 4.69) is 4.74 Å². The third kappa shape index (κ3) is 3.91. The molecule has 0 bridgehead atoms. The third-order valence-corrected chi connectivity index (χ3v) is 4.47. The summed E-state index contributed by atoms with van der Waals surface area (Å²) >= 11 is 0. The second-order valence-corrected chi connectivity index (χ2v) is 6.55. The fraction of sp³-hybridized carbons (Fsp3) is 0.333. The Kier molecular flexibility index (Phi) is 4.63. The molecule has 1 aromatic carbocycles. The van der Waals surface area contributed by atoms with Crippen LogP contribution in [-0.4, -0.2) is 41.3 Å². The number of aliphatic carboxylic acids is 1. The Morgan fingerprint density at radius 2 is 1.93 bits per heavy atom. The summed E-state index contributed by atoms with van der Waals surface area (Å²) in [7, 11) is 0. The molecule has 0 saturated carbocycles. The normalized spacial score (nSPS) is 19.9. The van der Waals surface area contributed by atoms with Gasteiger partial charge >= 0.3 is 12.3 Å². The summed E-state index contributed by atoms with van der Waals surface area (Å²) in [5.41, 5.74) is -0.983. The van der Waals surface area contributed by atoms with E-state index in [0.29, 0.717) is 6.42 Å². The number of carboxylic acids is 1. The Morgan fingerprint density at radius 3 is 2.56 bits per heavy atom. The summed E-state index contributed by atoms with van der Waals surface area (Å²) in [4.78, 5) is 25.2. The Bertz CT molecular complexity index is 876. The zero-order valence-electron chi connectivity index (χ0n) is 14.2. The Labute approximate surface area is 152 Å². The number of amides is 1. The molecule has 0 radical (unpaired) electrons. The van der Waals surface area contributed by atoms with Crippen LogP contribution in [-0.2, 0) is 4.79 Å². The van der Waals surface area contributed by atoms with E-state index in [1.165, 1.54) is 35.2 Å². The van der Waals surface area contributed by atoms with E-state index in [1.807, 2.05) is 0 Å². The molecule has 1 unspecified atom stereocenters. The van der Waals surface area contributed by atoms with E-state index < -0.39 is 29.4 Å². The van der Waals surface area contributed by atoms with Crippen LogP contribution in [0.15, 0.2) is 40.8 Å². The minimum atomic E-state index is -4.86. The number of halogens is 3. The fourth-order valence-electron chi connectivity index (χ4n) is 2.95. The Balaban J connectivity index is 1.82. The minimum Gasteiger partial charge on any atom is -0.481 e. The van der Waals surface area contributed by atoms with Crippen LogP contribution in [0.25, 0.3) is 11.3 Å². The van der Waals surface area contributed by atoms with Gasteiger partial charge in [0.05, 0.1) is 11.0 Å². The predicted molar refractivity (Wildman–Crippen MR) is 87.1 cm³/mol. The van der Waals surface area contributed by atoms with Gasteiger partial charge in [0.2, 0.25) is 0 Å². The molecule has 0 spiro atoms. The molecule has 6 nitrogen and oxygen atoms in total. The molecule has 9 heteroatoms. The zero-order chi connectivity index (χ0) is 19.8. The molecule has 0 aliphatic carbocycles. The molecule has 1 aliphatic heterocycles. The summed E-state index contributed by atoms with van der Waals surface area (Å²) in [5, 5.41) is 9.25. The topological polar surface area (TPSA) is 80.0 Å². The highest BCUT2D eigenvalue weighted by Crippen LogP contribution is 2.36. The van der Waals surface area contributed by atoms with Crippen molar-refractivity contribution in [3.05, 3.63) is 42.2 Å². The summed E-state index contributed by atoms with van der Waals surface area (Å²) < 4.78 is 47.1. The van der Waals surface area contributed by atoms with Crippen molar-refractivity contribution in [1.29, 1.82) is 0 Å². The van der Waals surface area contributed by atoms with E-state index in [0.717, 1.165) is 6.07 Å². The average molecular weight is 383 g/mol. The number of para-hydroxylation sites is 1. The number of furan rings is 1. The third-order valence-electron chi connectivity index (χ3n) is 4.47. The molecule has 1 aromatic heterocycles. The van der Waals surface area contributed by atoms with Crippen LogP contribution >= 0.6 is 0 Å². The van der Waals surface area contributed by atoms with Gasteiger partial charge in [-0.25, -0.2) is 0 Å². The monoisotopic (exact) mass is 383 g/mol. The second kappa shape index (κ2) is 6.64. The fourth-order valence-corrected chi connectivity index (χ4v) is 2.95. The van der Waals surface area contributed by atoms with Gasteiger partial charge in [-0.05, 0) is 37.6 Å². The van der Waals surface area contributed by atoms with Crippen LogP contribution in [0.4, 0.5) is 13.2 Å². The lowest BCUT2D eigenvalue weighted by Gasteiger charge is -2.19. The van der Waals surface area contributed by atoms with Crippen molar-refractivity contribution in [3.63, 3.8) is 0 Å². The first-order valence-corrected chi connectivity index (χ1v) is 8.07. The van der Waals surface area contributed by atoms with Crippen molar-refractivity contribution in [2.45, 2.75) is 19.7 Å². The van der Waals surface area contributed by atoms with Crippen molar-refractivity contribution >= 4 is 11.9 Å². The van der Waals surface area contributed by atoms with Gasteiger partial charge in [0.25, 0.3) is 5.91 Å². The first-order chi connectivity index (χ1) is 12.6. The number of likely N-dealkylation sites (tertiary alicyclic amines) is 1. The molecule has 1 N–H and O–H groups in total. The first kappa shape index (κ1) is 18.8. The van der Waals surface area contributed by atoms with Crippen LogP contribution in [0.3, 0.4) is 0 Å². The lowest BCUT2D eigenvalue weighted by molar-refractivity contribution is -0.274. The average Bonchev–Trinajstić information content (AvgIpc) is 3.21. The SMILES string of the molecule is CC1(C(=O)O)CCN(C(=O)c2ccc(-c3ccccc3OC(F)(F)F)o2)C1. The number of alkyl halides is 3. The number of benzene rings is 1. The van der Waals surface area contributed by atoms with Crippen molar-refractivity contribution in [2.75, 3.05) is 13.1 Å². The van der Waals surface area contributed by atoms with Crippen LogP contribution in [0.2, 0.25) is 0 Å². The first-order valence-electron chi connectivity index (χ1n) is 8.07. The van der Waals surface area contributed by atoms with E-state index in [-0.39, 0.29) is 30.2 Å². The lowest BCUT2D eigenvalue weighted by Crippen LogP contribution is -2.34. The summed E-state index contributed by atoms with van der Waals surface area (Å²) in [6.45, 7) is 1.84. The summed E-state index contributed by atoms with van der Waals surface area (Å²) in [6, 6.07) is 8.14. The number of ether oxygens (including phenoxy) is 1. The van der Waals surface area contributed by atoms with Crippen LogP contribution in [0, 0.1) is 5.41 Å². The Morgan fingerprint density at radius 1 is 1.22 bits per heavy atom. The van der Waals surface area contributed by atoms with Crippen molar-refractivity contribution in [1.82, 2.24) is 4.90 Å². The summed E-state index contributed by atoms with van der Waals surface area (Å²) in [6.07, 6.45) is -4.55. The van der Waals surface area contributed by atoms with Crippen LogP contribution < -0.4 is 4.74 Å². The molecular weight excluding hydrogens is 367 g/mol. The van der Waals surface area contributed by atoms with Crippen molar-refractivity contribution in [3.8, 4) is 17.1 Å². The molecule has 2 heterocycles. The van der Waals surface area contributed by atoms with Gasteiger partial charge in [0, 0.05) is 13.1 Å². The molecule has 1 fully saturated rings. The molecule has 144 valence electrons. The van der Waals surface area contributed by atoms with E-state index in [1.54, 1.807) is 6.92 Å². The molecular formula is C18H16F3NO5. The quantitative estimate of drug-likeness (QED) is 0.869. The molecule has 1 aliphatic rings. The van der Waals surface area contributed by atoms with E-state index >= 15 is 0 Å². The van der Waals surface area contributed by atoms with Crippen LogP contribution in [0.1, 0.15) is 23.9 Å². The summed E-state index contributed by atoms with van der Waals surface area (Å²) in [5.74, 6) is -1.99. The molecule has 1 atom stereocenters. The number of carboxylic acid groups (broad SMARTS) is 1. The van der Waals surface area contributed by atoms with Gasteiger partial charge < -0.3 is 19.2 Å². The van der Waals surface area contributed by atoms with Gasteiger partial charge in [0.1, 0.15) is 11.5 Å². The molecule has 2 aromatic rings. The maximum atomic E-state index is 12.6. The van der Waals surface area contributed by atoms with Gasteiger partial charge in [-0.2, -0.15) is 0 Å². The van der Waals surface area contributed by atoms with Gasteiger partial charge in [-0.15, -0.1) is 13.2 Å². The maximum Gasteiger partial charge on any atom is 0.573 e. The number of carbonyl (C=O) groups excluding carboxylic acids is 1. The molecule has 1 amide bonds. The van der Waals surface area contributed by atoms with Crippen molar-refractivity contribution < 1.29 is 37.0 Å². The minimum absolute atomic E-state index is 0.0327. The zero-order valence-corrected chi connectivity index (χ0v) is 14.2. The predicted octanol–water partition coefficient (Wildman–Crippen LogP) is 3.78. The lowest BCUT2D eigenvalue weighted by atomic mass is 9.90. The number of hydrogen-bond donors (Lipinski definition) is 1. The smallest absolute Gasteiger partial charge is 0.481 e. The van der Waals surface area contributed by atoms with E-state index in [4.69, 9.17) is 4.42 Å². The van der Waals surface area contributed by atoms with Gasteiger partial charge in [-0.1, -0.05) is 12.1 Å². The number of nitrogens with zero attached hydrogens (tertiary/aromatic N) is 1. The number of hydrogen-bond acceptors (Lipinski definition) is 4. The molecule has 1 saturated heterocycles. The molecule has 27 heavy (non-hydrogen) atoms. The number of rotatable bonds is 4. The second-order valence-electron chi connectivity index (χ2n) is 6.55. The maximum absolute atomic E-state index is 12.6. The largest absolute Gasteiger partial charge is 0.573 e. The highest BCUT2D eigenvalue weighted by atomic mass is 19.4.